The summed E-state index contributed by atoms with van der Waals surface area (Å²) in [5.41, 5.74) is -0.870. The number of Topliss-reactive ketones (excluding diaryl/α,β-unsaturated/α-hetero) is 2. The minimum Gasteiger partial charge on any atom is -0.512 e. The molecular weight excluding hydrogens is 394 g/mol. The molecule has 156 valence electrons. The van der Waals surface area contributed by atoms with Crippen LogP contribution < -0.4 is 0 Å². The van der Waals surface area contributed by atoms with Gasteiger partial charge in [0.05, 0.1) is 16.2 Å². The molecule has 2 aliphatic rings. The summed E-state index contributed by atoms with van der Waals surface area (Å²) in [6, 6.07) is 1.32. The molecule has 1 aromatic heterocycles. The first-order valence-electron chi connectivity index (χ1n) is 9.44. The van der Waals surface area contributed by atoms with Gasteiger partial charge >= 0.3 is 0 Å². The van der Waals surface area contributed by atoms with E-state index in [1.807, 2.05) is 27.7 Å². The van der Waals surface area contributed by atoms with E-state index in [1.54, 1.807) is 0 Å². The van der Waals surface area contributed by atoms with Crippen LogP contribution in [0.1, 0.15) is 64.2 Å². The van der Waals surface area contributed by atoms with Gasteiger partial charge < -0.3 is 10.2 Å². The van der Waals surface area contributed by atoms with E-state index in [9.17, 15) is 29.9 Å². The fourth-order valence-electron chi connectivity index (χ4n) is 4.28. The topological polar surface area (TPSA) is 118 Å². The molecule has 0 aromatic carbocycles. The Morgan fingerprint density at radius 3 is 1.76 bits per heavy atom. The van der Waals surface area contributed by atoms with Gasteiger partial charge in [0.1, 0.15) is 11.5 Å². The minimum absolute atomic E-state index is 0.0654. The van der Waals surface area contributed by atoms with Crippen LogP contribution in [-0.4, -0.2) is 26.7 Å². The van der Waals surface area contributed by atoms with Crippen molar-refractivity contribution in [3.05, 3.63) is 49.1 Å². The van der Waals surface area contributed by atoms with Crippen LogP contribution in [0.15, 0.2) is 34.1 Å². The molecule has 8 heteroatoms. The van der Waals surface area contributed by atoms with Gasteiger partial charge in [0.2, 0.25) is 0 Å². The Bertz CT molecular complexity index is 914. The van der Waals surface area contributed by atoms with Gasteiger partial charge in [-0.2, -0.15) is 0 Å². The Labute approximate surface area is 172 Å². The van der Waals surface area contributed by atoms with E-state index in [4.69, 9.17) is 0 Å². The number of carbonyl (C=O) groups is 2. The molecule has 0 atom stereocenters. The fraction of sp³-hybridized carbons (Fsp3) is 0.524. The largest absolute Gasteiger partial charge is 0.512 e. The molecule has 0 saturated carbocycles. The number of aliphatic hydroxyl groups excluding tert-OH is 2. The highest BCUT2D eigenvalue weighted by Gasteiger charge is 2.44. The van der Waals surface area contributed by atoms with E-state index in [0.29, 0.717) is 4.88 Å². The van der Waals surface area contributed by atoms with E-state index in [1.165, 1.54) is 11.4 Å². The number of hydrogen-bond acceptors (Lipinski definition) is 7. The van der Waals surface area contributed by atoms with Crippen LogP contribution >= 0.6 is 11.3 Å². The normalized spacial score (nSPS) is 21.8. The molecule has 0 saturated heterocycles. The monoisotopic (exact) mass is 419 g/mol. The lowest BCUT2D eigenvalue weighted by Crippen LogP contribution is -2.33. The highest BCUT2D eigenvalue weighted by atomic mass is 32.1. The predicted octanol–water partition coefficient (Wildman–Crippen LogP) is 5.14. The molecule has 0 amide bonds. The van der Waals surface area contributed by atoms with Crippen molar-refractivity contribution < 1.29 is 24.7 Å². The molecule has 2 aliphatic carbocycles. The van der Waals surface area contributed by atoms with Crippen molar-refractivity contribution in [3.8, 4) is 0 Å². The Morgan fingerprint density at radius 2 is 1.41 bits per heavy atom. The third-order valence-corrected chi connectivity index (χ3v) is 6.46. The molecule has 0 fully saturated rings. The molecule has 0 bridgehead atoms. The zero-order valence-corrected chi connectivity index (χ0v) is 17.8. The second-order valence-electron chi connectivity index (χ2n) is 9.50. The quantitative estimate of drug-likeness (QED) is 0.515. The summed E-state index contributed by atoms with van der Waals surface area (Å²) in [4.78, 5) is 37.0. The van der Waals surface area contributed by atoms with Crippen molar-refractivity contribution in [3.63, 3.8) is 0 Å². The summed E-state index contributed by atoms with van der Waals surface area (Å²) in [7, 11) is 0. The Balaban J connectivity index is 2.22. The van der Waals surface area contributed by atoms with E-state index in [2.05, 4.69) is 0 Å². The lowest BCUT2D eigenvalue weighted by molar-refractivity contribution is -0.384. The summed E-state index contributed by atoms with van der Waals surface area (Å²) in [5.74, 6) is -1.85. The van der Waals surface area contributed by atoms with Gasteiger partial charge in [-0.15, -0.1) is 11.3 Å². The third kappa shape index (κ3) is 4.12. The van der Waals surface area contributed by atoms with Gasteiger partial charge in [-0.3, -0.25) is 19.7 Å². The average Bonchev–Trinajstić information content (AvgIpc) is 2.99. The molecule has 0 radical (unpaired) electrons. The van der Waals surface area contributed by atoms with E-state index >= 15 is 0 Å². The first-order chi connectivity index (χ1) is 13.3. The fourth-order valence-corrected chi connectivity index (χ4v) is 5.25. The number of rotatable bonds is 4. The lowest BCUT2D eigenvalue weighted by Gasteiger charge is -2.36. The minimum atomic E-state index is -0.999. The van der Waals surface area contributed by atoms with Crippen LogP contribution in [0.2, 0.25) is 0 Å². The number of ketones is 2. The Morgan fingerprint density at radius 1 is 0.966 bits per heavy atom. The maximum absolute atomic E-state index is 13.0. The highest BCUT2D eigenvalue weighted by Crippen LogP contribution is 2.49. The van der Waals surface area contributed by atoms with Crippen molar-refractivity contribution in [2.45, 2.75) is 59.3 Å². The molecule has 0 aliphatic heterocycles. The number of carbonyl (C=O) groups excluding carboxylic acids is 2. The molecule has 3 rings (SSSR count). The SMILES string of the molecule is CC1(C)CC(=O)C(C(C2=C(O)CC(C)(C)CC2=O)c2cc([N+](=O)[O-])cs2)=C(O)C1. The second-order valence-corrected chi connectivity index (χ2v) is 10.4. The van der Waals surface area contributed by atoms with Crippen molar-refractivity contribution in [2.75, 3.05) is 0 Å². The molecule has 29 heavy (non-hydrogen) atoms. The average molecular weight is 419 g/mol. The van der Waals surface area contributed by atoms with Gasteiger partial charge in [-0.05, 0) is 10.8 Å². The molecule has 2 N–H and O–H groups in total. The van der Waals surface area contributed by atoms with Crippen LogP contribution in [-0.2, 0) is 9.59 Å². The maximum Gasteiger partial charge on any atom is 0.280 e. The van der Waals surface area contributed by atoms with Gasteiger partial charge in [-0.25, -0.2) is 0 Å². The predicted molar refractivity (Wildman–Crippen MR) is 109 cm³/mol. The first kappa shape index (κ1) is 21.2. The molecule has 7 nitrogen and oxygen atoms in total. The second kappa shape index (κ2) is 7.09. The molecule has 0 unspecified atom stereocenters. The van der Waals surface area contributed by atoms with Crippen LogP contribution in [0, 0.1) is 20.9 Å². The Kier molecular flexibility index (Phi) is 5.19. The molecular formula is C21H25NO6S. The lowest BCUT2D eigenvalue weighted by atomic mass is 9.68. The van der Waals surface area contributed by atoms with Gasteiger partial charge in [0.25, 0.3) is 5.69 Å². The van der Waals surface area contributed by atoms with E-state index in [0.717, 1.165) is 11.3 Å². The van der Waals surface area contributed by atoms with Crippen LogP contribution in [0.25, 0.3) is 0 Å². The summed E-state index contributed by atoms with van der Waals surface area (Å²) >= 11 is 1.04. The summed E-state index contributed by atoms with van der Waals surface area (Å²) in [6.45, 7) is 7.48. The molecule has 1 aromatic rings. The van der Waals surface area contributed by atoms with Crippen LogP contribution in [0.5, 0.6) is 0 Å². The van der Waals surface area contributed by atoms with E-state index in [-0.39, 0.29) is 65.6 Å². The number of thiophene rings is 1. The standard InChI is InChI=1S/C21H25NO6S/c1-20(2)6-12(23)17(13(24)7-20)19(16-5-11(10-29-16)22(27)28)18-14(25)8-21(3,4)9-15(18)26/h5,10,19,23,25H,6-9H2,1-4H3. The number of allylic oxidation sites excluding steroid dienone is 4. The van der Waals surface area contributed by atoms with Crippen LogP contribution in [0.3, 0.4) is 0 Å². The maximum atomic E-state index is 13.0. The van der Waals surface area contributed by atoms with Crippen molar-refractivity contribution in [1.82, 2.24) is 0 Å². The molecule has 0 spiro atoms. The van der Waals surface area contributed by atoms with Gasteiger partial charge in [0.15, 0.2) is 11.6 Å². The Hall–Kier alpha value is -2.48. The number of nitrogens with zero attached hydrogens (tertiary/aromatic N) is 1. The smallest absolute Gasteiger partial charge is 0.280 e. The number of aliphatic hydroxyl groups is 2. The zero-order valence-electron chi connectivity index (χ0n) is 16.9. The summed E-state index contributed by atoms with van der Waals surface area (Å²) < 4.78 is 0. The van der Waals surface area contributed by atoms with Gasteiger partial charge in [0, 0.05) is 47.8 Å². The van der Waals surface area contributed by atoms with Crippen molar-refractivity contribution >= 4 is 28.6 Å². The highest BCUT2D eigenvalue weighted by molar-refractivity contribution is 7.10. The molecule has 1 heterocycles. The number of hydrogen-bond donors (Lipinski definition) is 2. The van der Waals surface area contributed by atoms with Crippen molar-refractivity contribution in [2.24, 2.45) is 10.8 Å². The first-order valence-corrected chi connectivity index (χ1v) is 10.3. The van der Waals surface area contributed by atoms with Crippen molar-refractivity contribution in [1.29, 1.82) is 0 Å². The summed E-state index contributed by atoms with van der Waals surface area (Å²) in [5, 5.41) is 34.0. The third-order valence-electron chi connectivity index (χ3n) is 5.47. The van der Waals surface area contributed by atoms with Gasteiger partial charge in [-0.1, -0.05) is 27.7 Å². The van der Waals surface area contributed by atoms with Crippen LogP contribution in [0.4, 0.5) is 5.69 Å². The van der Waals surface area contributed by atoms with E-state index < -0.39 is 21.7 Å². The number of nitro groups is 1. The zero-order chi connectivity index (χ0) is 21.7. The summed E-state index contributed by atoms with van der Waals surface area (Å²) in [6.07, 6.45) is 0.881.